The molecule has 0 radical (unpaired) electrons. The van der Waals surface area contributed by atoms with Gasteiger partial charge in [0.25, 0.3) is 5.91 Å². The molecule has 1 N–H and O–H groups in total. The van der Waals surface area contributed by atoms with Crippen LogP contribution in [0.2, 0.25) is 0 Å². The highest BCUT2D eigenvalue weighted by Crippen LogP contribution is 2.26. The minimum absolute atomic E-state index is 0.0306. The molecule has 0 spiro atoms. The van der Waals surface area contributed by atoms with Gasteiger partial charge < -0.3 is 19.8 Å². The fourth-order valence-electron chi connectivity index (χ4n) is 3.96. The first-order chi connectivity index (χ1) is 13.3. The van der Waals surface area contributed by atoms with Gasteiger partial charge in [-0.2, -0.15) is 0 Å². The molecule has 2 fully saturated rings. The van der Waals surface area contributed by atoms with E-state index >= 15 is 0 Å². The molecule has 0 aliphatic carbocycles. The molecule has 0 unspecified atom stereocenters. The molecular weight excluding hydrogens is 358 g/mol. The number of aliphatic carboxylic acids is 1. The minimum atomic E-state index is -0.950. The molecule has 0 aromatic heterocycles. The molecule has 2 aliphatic heterocycles. The smallest absolute Gasteiger partial charge is 0.308 e. The number of likely N-dealkylation sites (tertiary alicyclic amines) is 1. The standard InChI is InChI=1S/C21H29N3O4/c1-14-4-5-16(10-15(14)2)19(25)24-12-17(11-18(13-24)21(27)28)20(26)23-8-6-22(3)7-9-23/h4-5,10,17-18H,6-9,11-13H2,1-3H3,(H,27,28)/t17-,18+/m1/s1. The van der Waals surface area contributed by atoms with Crippen molar-refractivity contribution in [2.75, 3.05) is 46.3 Å². The SMILES string of the molecule is Cc1ccc(C(=O)N2C[C@@H](C(=O)O)C[C@@H](C(=O)N3CCN(C)CC3)C2)cc1C. The predicted octanol–water partition coefficient (Wildman–Crippen LogP) is 1.24. The maximum atomic E-state index is 13.0. The molecule has 1 aromatic rings. The van der Waals surface area contributed by atoms with E-state index < -0.39 is 17.8 Å². The molecule has 0 saturated carbocycles. The molecule has 7 nitrogen and oxygen atoms in total. The Morgan fingerprint density at radius 1 is 0.929 bits per heavy atom. The van der Waals surface area contributed by atoms with Gasteiger partial charge in [0.1, 0.15) is 0 Å². The number of rotatable bonds is 3. The second-order valence-corrected chi connectivity index (χ2v) is 8.11. The largest absolute Gasteiger partial charge is 0.481 e. The summed E-state index contributed by atoms with van der Waals surface area (Å²) in [6, 6.07) is 5.50. The summed E-state index contributed by atoms with van der Waals surface area (Å²) in [7, 11) is 2.02. The van der Waals surface area contributed by atoms with Gasteiger partial charge in [0.2, 0.25) is 5.91 Å². The van der Waals surface area contributed by atoms with E-state index in [0.717, 1.165) is 24.2 Å². The van der Waals surface area contributed by atoms with Crippen LogP contribution in [0.5, 0.6) is 0 Å². The van der Waals surface area contributed by atoms with E-state index in [1.807, 2.05) is 37.9 Å². The van der Waals surface area contributed by atoms with Crippen LogP contribution in [0.15, 0.2) is 18.2 Å². The van der Waals surface area contributed by atoms with E-state index in [0.29, 0.717) is 18.7 Å². The number of carbonyl (C=O) groups excluding carboxylic acids is 2. The fourth-order valence-corrected chi connectivity index (χ4v) is 3.96. The van der Waals surface area contributed by atoms with Gasteiger partial charge in [0.05, 0.1) is 11.8 Å². The van der Waals surface area contributed by atoms with E-state index in [1.165, 1.54) is 0 Å². The first-order valence-electron chi connectivity index (χ1n) is 9.83. The average Bonchev–Trinajstić information content (AvgIpc) is 2.69. The van der Waals surface area contributed by atoms with Crippen molar-refractivity contribution in [2.45, 2.75) is 20.3 Å². The van der Waals surface area contributed by atoms with Crippen LogP contribution in [0.25, 0.3) is 0 Å². The summed E-state index contributed by atoms with van der Waals surface area (Å²) in [4.78, 5) is 43.2. The first-order valence-corrected chi connectivity index (χ1v) is 9.83. The van der Waals surface area contributed by atoms with Crippen molar-refractivity contribution in [2.24, 2.45) is 11.8 Å². The van der Waals surface area contributed by atoms with Crippen LogP contribution in [-0.2, 0) is 9.59 Å². The van der Waals surface area contributed by atoms with Gasteiger partial charge in [-0.15, -0.1) is 0 Å². The number of hydrogen-bond acceptors (Lipinski definition) is 4. The van der Waals surface area contributed by atoms with E-state index in [9.17, 15) is 19.5 Å². The van der Waals surface area contributed by atoms with Crippen LogP contribution < -0.4 is 0 Å². The minimum Gasteiger partial charge on any atom is -0.481 e. The Bertz CT molecular complexity index is 771. The predicted molar refractivity (Wildman–Crippen MR) is 105 cm³/mol. The molecule has 2 aliphatic rings. The van der Waals surface area contributed by atoms with Gasteiger partial charge in [-0.1, -0.05) is 6.07 Å². The second kappa shape index (κ2) is 8.31. The van der Waals surface area contributed by atoms with Gasteiger partial charge in [-0.25, -0.2) is 0 Å². The van der Waals surface area contributed by atoms with Crippen LogP contribution in [0.1, 0.15) is 27.9 Å². The molecule has 2 saturated heterocycles. The van der Waals surface area contributed by atoms with Crippen LogP contribution in [0.3, 0.4) is 0 Å². The lowest BCUT2D eigenvalue weighted by Crippen LogP contribution is -2.54. The summed E-state index contributed by atoms with van der Waals surface area (Å²) < 4.78 is 0. The van der Waals surface area contributed by atoms with Crippen LogP contribution in [0.4, 0.5) is 0 Å². The van der Waals surface area contributed by atoms with Crippen molar-refractivity contribution < 1.29 is 19.5 Å². The second-order valence-electron chi connectivity index (χ2n) is 8.11. The number of carboxylic acids is 1. The quantitative estimate of drug-likeness (QED) is 0.844. The molecule has 2 atom stereocenters. The fraction of sp³-hybridized carbons (Fsp3) is 0.571. The molecular formula is C21H29N3O4. The molecule has 0 bridgehead atoms. The Morgan fingerprint density at radius 3 is 2.18 bits per heavy atom. The summed E-state index contributed by atoms with van der Waals surface area (Å²) in [5.41, 5.74) is 2.66. The number of hydrogen-bond donors (Lipinski definition) is 1. The summed E-state index contributed by atoms with van der Waals surface area (Å²) in [5.74, 6) is -2.37. The van der Waals surface area contributed by atoms with Crippen LogP contribution in [0, 0.1) is 25.7 Å². The Labute approximate surface area is 165 Å². The summed E-state index contributed by atoms with van der Waals surface area (Å²) in [6.45, 7) is 7.27. The number of aryl methyl sites for hydroxylation is 2. The van der Waals surface area contributed by atoms with Crippen LogP contribution >= 0.6 is 0 Å². The summed E-state index contributed by atoms with van der Waals surface area (Å²) in [5, 5.41) is 9.56. The number of amides is 2. The lowest BCUT2D eigenvalue weighted by Gasteiger charge is -2.39. The van der Waals surface area contributed by atoms with Crippen LogP contribution in [-0.4, -0.2) is 83.9 Å². The van der Waals surface area contributed by atoms with Crippen molar-refractivity contribution in [3.8, 4) is 0 Å². The zero-order valence-corrected chi connectivity index (χ0v) is 16.9. The molecule has 2 heterocycles. The highest BCUT2D eigenvalue weighted by molar-refractivity contribution is 5.95. The van der Waals surface area contributed by atoms with E-state index in [1.54, 1.807) is 11.0 Å². The Kier molecular flexibility index (Phi) is 6.03. The molecule has 28 heavy (non-hydrogen) atoms. The zero-order valence-electron chi connectivity index (χ0n) is 16.9. The van der Waals surface area contributed by atoms with Crippen molar-refractivity contribution in [1.29, 1.82) is 0 Å². The van der Waals surface area contributed by atoms with E-state index in [4.69, 9.17) is 0 Å². The van der Waals surface area contributed by atoms with Crippen molar-refractivity contribution in [3.05, 3.63) is 34.9 Å². The van der Waals surface area contributed by atoms with Gasteiger partial charge in [0, 0.05) is 44.8 Å². The Hall–Kier alpha value is -2.41. The van der Waals surface area contributed by atoms with Gasteiger partial charge in [-0.3, -0.25) is 14.4 Å². The van der Waals surface area contributed by atoms with Crippen molar-refractivity contribution >= 4 is 17.8 Å². The average molecular weight is 387 g/mol. The number of piperidine rings is 1. The van der Waals surface area contributed by atoms with Crippen molar-refractivity contribution in [3.63, 3.8) is 0 Å². The lowest BCUT2D eigenvalue weighted by atomic mass is 9.87. The number of likely N-dealkylation sites (N-methyl/N-ethyl adjacent to an activating group) is 1. The highest BCUT2D eigenvalue weighted by atomic mass is 16.4. The highest BCUT2D eigenvalue weighted by Gasteiger charge is 2.39. The van der Waals surface area contributed by atoms with E-state index in [2.05, 4.69) is 4.90 Å². The topological polar surface area (TPSA) is 81.2 Å². The third kappa shape index (κ3) is 4.35. The van der Waals surface area contributed by atoms with Gasteiger partial charge >= 0.3 is 5.97 Å². The first kappa shape index (κ1) is 20.3. The summed E-state index contributed by atoms with van der Waals surface area (Å²) in [6.07, 6.45) is 0.289. The number of benzene rings is 1. The molecule has 2 amide bonds. The number of carboxylic acid groups (broad SMARTS) is 1. The van der Waals surface area contributed by atoms with Crippen molar-refractivity contribution in [1.82, 2.24) is 14.7 Å². The van der Waals surface area contributed by atoms with Gasteiger partial charge in [0.15, 0.2) is 0 Å². The molecule has 1 aromatic carbocycles. The maximum Gasteiger partial charge on any atom is 0.308 e. The summed E-state index contributed by atoms with van der Waals surface area (Å²) >= 11 is 0. The van der Waals surface area contributed by atoms with Gasteiger partial charge in [-0.05, 0) is 50.6 Å². The zero-order chi connectivity index (χ0) is 20.4. The normalized spacial score (nSPS) is 23.5. The Balaban J connectivity index is 1.77. The molecule has 152 valence electrons. The van der Waals surface area contributed by atoms with E-state index in [-0.39, 0.29) is 31.3 Å². The maximum absolute atomic E-state index is 13.0. The molecule has 7 heteroatoms. The Morgan fingerprint density at radius 2 is 1.57 bits per heavy atom. The molecule has 3 rings (SSSR count). The number of piperazine rings is 1. The lowest BCUT2D eigenvalue weighted by molar-refractivity contribution is -0.147. The third-order valence-electron chi connectivity index (χ3n) is 6.01. The third-order valence-corrected chi connectivity index (χ3v) is 6.01. The number of nitrogens with zero attached hydrogens (tertiary/aromatic N) is 3. The number of carbonyl (C=O) groups is 3. The monoisotopic (exact) mass is 387 g/mol.